The molecule has 0 saturated carbocycles. The van der Waals surface area contributed by atoms with Crippen LogP contribution in [-0.4, -0.2) is 5.92 Å². The van der Waals surface area contributed by atoms with Crippen molar-refractivity contribution in [1.82, 2.24) is 0 Å². The maximum atomic E-state index is 2.56. The molecular weight excluding hydrogens is 466 g/mol. The number of hydrogen-bond donors (Lipinski definition) is 0. The summed E-state index contributed by atoms with van der Waals surface area (Å²) < 4.78 is 0.835. The number of allylic oxidation sites excluding steroid dienone is 1. The van der Waals surface area contributed by atoms with Crippen LogP contribution in [0.1, 0.15) is 53.4 Å². The molecule has 0 bridgehead atoms. The van der Waals surface area contributed by atoms with E-state index in [0.29, 0.717) is 0 Å². The molecule has 0 amide bonds. The van der Waals surface area contributed by atoms with Crippen LogP contribution < -0.4 is 24.8 Å². The molecule has 1 aliphatic carbocycles. The van der Waals surface area contributed by atoms with Crippen molar-refractivity contribution >= 4 is 12.0 Å². The van der Waals surface area contributed by atoms with Gasteiger partial charge in [-0.15, -0.1) is 0 Å². The van der Waals surface area contributed by atoms with Crippen LogP contribution in [0.3, 0.4) is 0 Å². The van der Waals surface area contributed by atoms with Crippen molar-refractivity contribution < 1.29 is 47.2 Å². The van der Waals surface area contributed by atoms with E-state index in [0.717, 1.165) is 3.63 Å². The number of hydrogen-bond acceptors (Lipinski definition) is 0. The zero-order chi connectivity index (χ0) is 17.8. The van der Waals surface area contributed by atoms with Crippen LogP contribution in [0.2, 0.25) is 13.1 Å². The summed E-state index contributed by atoms with van der Waals surface area (Å²) >= 11 is -0.342. The predicted molar refractivity (Wildman–Crippen MR) is 109 cm³/mol. The molecule has 4 heteroatoms. The van der Waals surface area contributed by atoms with Crippen LogP contribution in [0.25, 0.3) is 17.2 Å². The maximum Gasteiger partial charge on any atom is -1.00 e. The Morgan fingerprint density at radius 1 is 0.889 bits per heavy atom. The molecule has 1 atom stereocenters. The van der Waals surface area contributed by atoms with Gasteiger partial charge in [0.2, 0.25) is 0 Å². The second-order valence-corrected chi connectivity index (χ2v) is 20.5. The van der Waals surface area contributed by atoms with Crippen LogP contribution in [0.5, 0.6) is 0 Å². The average molecular weight is 496 g/mol. The fourth-order valence-electron chi connectivity index (χ4n) is 3.82. The van der Waals surface area contributed by atoms with E-state index in [1.165, 1.54) is 47.9 Å². The number of fused-ring (bicyclic) bond motifs is 1. The average Bonchev–Trinajstić information content (AvgIpc) is 2.93. The van der Waals surface area contributed by atoms with Gasteiger partial charge in [-0.25, -0.2) is 0 Å². The predicted octanol–water partition coefficient (Wildman–Crippen LogP) is 0.886. The normalized spacial score (nSPS) is 14.7. The summed E-state index contributed by atoms with van der Waals surface area (Å²) in [5.41, 5.74) is 9.20. The molecule has 0 spiro atoms. The van der Waals surface area contributed by atoms with Gasteiger partial charge in [0.25, 0.3) is 0 Å². The van der Waals surface area contributed by atoms with Crippen LogP contribution in [0.4, 0.5) is 0 Å². The van der Waals surface area contributed by atoms with Gasteiger partial charge in [0.1, 0.15) is 0 Å². The minimum absolute atomic E-state index is 0. The summed E-state index contributed by atoms with van der Waals surface area (Å²) in [5, 5.41) is 0. The van der Waals surface area contributed by atoms with Crippen molar-refractivity contribution in [2.24, 2.45) is 0 Å². The second-order valence-electron chi connectivity index (χ2n) is 7.30. The Labute approximate surface area is 190 Å². The molecule has 0 fully saturated rings. The van der Waals surface area contributed by atoms with E-state index < -0.39 is 0 Å². The summed E-state index contributed by atoms with van der Waals surface area (Å²) in [6.45, 7) is 9.62. The third-order valence-electron chi connectivity index (χ3n) is 4.93. The first-order valence-corrected chi connectivity index (χ1v) is 17.2. The Morgan fingerprint density at radius 2 is 1.56 bits per heavy atom. The van der Waals surface area contributed by atoms with Crippen molar-refractivity contribution in [2.45, 2.75) is 56.3 Å². The zero-order valence-electron chi connectivity index (χ0n) is 16.8. The van der Waals surface area contributed by atoms with Gasteiger partial charge in [-0.2, -0.15) is 0 Å². The molecule has 0 aromatic heterocycles. The summed E-state index contributed by atoms with van der Waals surface area (Å²) in [7, 11) is 0. The molecule has 0 heterocycles. The molecule has 2 aromatic rings. The molecule has 3 rings (SSSR count). The summed E-state index contributed by atoms with van der Waals surface area (Å²) in [5.74, 6) is -0.0689. The molecular formula is C23H29Cl2SiZr. The topological polar surface area (TPSA) is 0 Å². The number of rotatable bonds is 7. The first kappa shape index (κ1) is 24.9. The van der Waals surface area contributed by atoms with E-state index in [9.17, 15) is 0 Å². The molecule has 143 valence electrons. The van der Waals surface area contributed by atoms with Crippen molar-refractivity contribution in [3.63, 3.8) is 0 Å². The van der Waals surface area contributed by atoms with E-state index in [4.69, 9.17) is 0 Å². The van der Waals surface area contributed by atoms with E-state index >= 15 is 0 Å². The number of aryl methyl sites for hydroxylation is 1. The third kappa shape index (κ3) is 5.92. The Bertz CT molecular complexity index is 753. The van der Waals surface area contributed by atoms with Gasteiger partial charge in [0, 0.05) is 0 Å². The van der Waals surface area contributed by atoms with E-state index in [1.54, 1.807) is 11.1 Å². The Morgan fingerprint density at radius 3 is 2.15 bits per heavy atom. The SMILES string of the molecule is CCCC1=Cc2c(-c3ccc(CCC)cc3)cccc2[CH]1[Zr+2][Si](C)C.[Cl-].[Cl-]. The monoisotopic (exact) mass is 493 g/mol. The molecule has 1 radical (unpaired) electrons. The summed E-state index contributed by atoms with van der Waals surface area (Å²) in [4.78, 5) is 0. The number of halogens is 2. The number of benzene rings is 2. The summed E-state index contributed by atoms with van der Waals surface area (Å²) in [6.07, 6.45) is 7.51. The van der Waals surface area contributed by atoms with Crippen LogP contribution in [0.15, 0.2) is 48.0 Å². The standard InChI is InChI=1S/C21H23.C2H6Si.2ClH.Zr/c1-3-6-16-10-12-18(13-11-16)20-9-5-8-19-14-17(7-4-2)15-21(19)20;1-3-2;;;/h5,8-15H,3-4,6-7H2,1-2H3;1-2H3;2*1H;/q;;;;+2/p-2. The molecule has 2 aromatic carbocycles. The first-order valence-electron chi connectivity index (χ1n) is 9.63. The van der Waals surface area contributed by atoms with Gasteiger partial charge < -0.3 is 24.8 Å². The molecule has 1 unspecified atom stereocenters. The fraction of sp³-hybridized carbons (Fsp3) is 0.391. The summed E-state index contributed by atoms with van der Waals surface area (Å²) in [6, 6.07) is 16.3. The molecule has 0 aliphatic heterocycles. The molecule has 0 nitrogen and oxygen atoms in total. The third-order valence-corrected chi connectivity index (χ3v) is 13.9. The first-order chi connectivity index (χ1) is 12.1. The minimum atomic E-state index is -0.342. The smallest absolute Gasteiger partial charge is 1.00 e. The van der Waals surface area contributed by atoms with Crippen LogP contribution in [-0.2, 0) is 28.8 Å². The van der Waals surface area contributed by atoms with Crippen molar-refractivity contribution in [2.75, 3.05) is 0 Å². The van der Waals surface area contributed by atoms with Gasteiger partial charge in [-0.1, -0.05) is 0 Å². The van der Waals surface area contributed by atoms with Crippen LogP contribution in [0, 0.1) is 0 Å². The second kappa shape index (κ2) is 11.8. The van der Waals surface area contributed by atoms with Crippen molar-refractivity contribution in [3.05, 3.63) is 64.7 Å². The van der Waals surface area contributed by atoms with Crippen molar-refractivity contribution in [3.8, 4) is 11.1 Å². The largest absolute Gasteiger partial charge is 1.00 e. The quantitative estimate of drug-likeness (QED) is 0.501. The van der Waals surface area contributed by atoms with Gasteiger partial charge in [0.05, 0.1) is 0 Å². The molecule has 0 saturated heterocycles. The Kier molecular flexibility index (Phi) is 10.8. The van der Waals surface area contributed by atoms with Gasteiger partial charge in [0.15, 0.2) is 0 Å². The molecule has 0 N–H and O–H groups in total. The minimum Gasteiger partial charge on any atom is -1.00 e. The Balaban J connectivity index is 0.00000182. The van der Waals surface area contributed by atoms with Gasteiger partial charge >= 0.3 is 167 Å². The molecule has 27 heavy (non-hydrogen) atoms. The maximum absolute atomic E-state index is 2.56. The fourth-order valence-corrected chi connectivity index (χ4v) is 12.7. The van der Waals surface area contributed by atoms with Gasteiger partial charge in [-0.05, 0) is 0 Å². The molecule has 1 aliphatic rings. The van der Waals surface area contributed by atoms with Crippen molar-refractivity contribution in [1.29, 1.82) is 0 Å². The van der Waals surface area contributed by atoms with E-state index in [2.05, 4.69) is 75.5 Å². The van der Waals surface area contributed by atoms with E-state index in [1.807, 2.05) is 0 Å². The van der Waals surface area contributed by atoms with E-state index in [-0.39, 0.29) is 53.1 Å². The van der Waals surface area contributed by atoms with Gasteiger partial charge in [-0.3, -0.25) is 0 Å². The van der Waals surface area contributed by atoms with Crippen LogP contribution >= 0.6 is 0 Å². The Hall–Kier alpha value is -0.140. The zero-order valence-corrected chi connectivity index (χ0v) is 21.8.